The highest BCUT2D eigenvalue weighted by molar-refractivity contribution is 4.87. The molecule has 0 saturated carbocycles. The maximum atomic E-state index is 8.45. The van der Waals surface area contributed by atoms with Crippen molar-refractivity contribution in [2.24, 2.45) is 0 Å². The molecule has 1 heterocycles. The summed E-state index contributed by atoms with van der Waals surface area (Å²) >= 11 is 0. The molecule has 9 heavy (non-hydrogen) atoms. The molecule has 1 aromatic rings. The molecule has 0 saturated heterocycles. The number of aromatic amines is 1. The van der Waals surface area contributed by atoms with Crippen LogP contribution < -0.4 is 0 Å². The lowest BCUT2D eigenvalue weighted by Crippen LogP contribution is -1.96. The molecule has 1 rings (SSSR count). The summed E-state index contributed by atoms with van der Waals surface area (Å²) in [5, 5.41) is 22.8. The van der Waals surface area contributed by atoms with Crippen LogP contribution in [0.1, 0.15) is 17.9 Å². The van der Waals surface area contributed by atoms with Crippen LogP contribution in [0.5, 0.6) is 0 Å². The number of rotatable bonds is 1. The molecular weight excluding hydrogens is 122 g/mol. The second-order valence-electron chi connectivity index (χ2n) is 1.65. The number of aryl methyl sites for hydroxylation is 1. The summed E-state index contributed by atoms with van der Waals surface area (Å²) in [4.78, 5) is 3.64. The summed E-state index contributed by atoms with van der Waals surface area (Å²) in [5.74, 6) is 0.575. The molecule has 0 unspecified atom stereocenters. The predicted molar refractivity (Wildman–Crippen MR) is 28.3 cm³/mol. The minimum Gasteiger partial charge on any atom is -0.362 e. The molecule has 0 bridgehead atoms. The van der Waals surface area contributed by atoms with Crippen LogP contribution in [0.4, 0.5) is 0 Å². The van der Waals surface area contributed by atoms with Gasteiger partial charge in [-0.25, -0.2) is 4.98 Å². The van der Waals surface area contributed by atoms with E-state index in [2.05, 4.69) is 15.2 Å². The SMILES string of the molecule is Cc1nc(C(O)O)n[nH]1. The fourth-order valence-electron chi connectivity index (χ4n) is 0.475. The lowest BCUT2D eigenvalue weighted by atomic mass is 10.6. The molecular formula is C4H7N3O2. The molecule has 5 nitrogen and oxygen atoms in total. The fourth-order valence-corrected chi connectivity index (χ4v) is 0.475. The fraction of sp³-hybridized carbons (Fsp3) is 0.500. The second kappa shape index (κ2) is 2.12. The highest BCUT2D eigenvalue weighted by Crippen LogP contribution is 1.99. The first-order valence-corrected chi connectivity index (χ1v) is 2.45. The third-order valence-corrected chi connectivity index (χ3v) is 0.845. The molecule has 0 aromatic carbocycles. The maximum Gasteiger partial charge on any atom is 0.216 e. The standard InChI is InChI=1S/C4H7N3O2/c1-2-5-3(4(8)9)7-6-2/h4,8-9H,1H3,(H,5,6,7). The van der Waals surface area contributed by atoms with Crippen molar-refractivity contribution in [3.63, 3.8) is 0 Å². The van der Waals surface area contributed by atoms with Gasteiger partial charge >= 0.3 is 0 Å². The zero-order valence-electron chi connectivity index (χ0n) is 4.87. The van der Waals surface area contributed by atoms with Crippen molar-refractivity contribution in [2.45, 2.75) is 13.2 Å². The molecule has 0 fully saturated rings. The van der Waals surface area contributed by atoms with Crippen LogP contribution in [0.25, 0.3) is 0 Å². The first-order chi connectivity index (χ1) is 4.20. The van der Waals surface area contributed by atoms with E-state index in [1.54, 1.807) is 6.92 Å². The Hall–Kier alpha value is -0.940. The average Bonchev–Trinajstić information content (AvgIpc) is 2.14. The van der Waals surface area contributed by atoms with Gasteiger partial charge in [-0.15, -0.1) is 0 Å². The molecule has 0 radical (unpaired) electrons. The van der Waals surface area contributed by atoms with Crippen molar-refractivity contribution < 1.29 is 10.2 Å². The Morgan fingerprint density at radius 1 is 1.56 bits per heavy atom. The van der Waals surface area contributed by atoms with E-state index in [0.29, 0.717) is 5.82 Å². The van der Waals surface area contributed by atoms with Crippen LogP contribution >= 0.6 is 0 Å². The van der Waals surface area contributed by atoms with Crippen LogP contribution in [0.15, 0.2) is 0 Å². The van der Waals surface area contributed by atoms with E-state index in [1.165, 1.54) is 0 Å². The number of aliphatic hydroxyl groups is 2. The normalized spacial score (nSPS) is 10.7. The lowest BCUT2D eigenvalue weighted by Gasteiger charge is -1.91. The third kappa shape index (κ3) is 1.24. The molecule has 0 spiro atoms. The number of aromatic nitrogens is 3. The quantitative estimate of drug-likeness (QED) is 0.429. The van der Waals surface area contributed by atoms with Crippen LogP contribution in [0.3, 0.4) is 0 Å². The average molecular weight is 129 g/mol. The number of H-pyrrole nitrogens is 1. The summed E-state index contributed by atoms with van der Waals surface area (Å²) in [6.07, 6.45) is -1.57. The van der Waals surface area contributed by atoms with Gasteiger partial charge in [0, 0.05) is 0 Å². The van der Waals surface area contributed by atoms with E-state index < -0.39 is 6.29 Å². The second-order valence-corrected chi connectivity index (χ2v) is 1.65. The van der Waals surface area contributed by atoms with Gasteiger partial charge < -0.3 is 10.2 Å². The van der Waals surface area contributed by atoms with E-state index in [4.69, 9.17) is 10.2 Å². The molecule has 1 aromatic heterocycles. The maximum absolute atomic E-state index is 8.45. The number of aliphatic hydroxyl groups excluding tert-OH is 1. The zero-order valence-corrected chi connectivity index (χ0v) is 4.87. The van der Waals surface area contributed by atoms with Crippen LogP contribution in [0.2, 0.25) is 0 Å². The van der Waals surface area contributed by atoms with Gasteiger partial charge in [0.05, 0.1) is 0 Å². The first-order valence-electron chi connectivity index (χ1n) is 2.45. The Morgan fingerprint density at radius 2 is 2.22 bits per heavy atom. The summed E-state index contributed by atoms with van der Waals surface area (Å²) < 4.78 is 0. The van der Waals surface area contributed by atoms with Crippen LogP contribution in [0, 0.1) is 6.92 Å². The highest BCUT2D eigenvalue weighted by Gasteiger charge is 2.06. The molecule has 0 aliphatic heterocycles. The van der Waals surface area contributed by atoms with Crippen molar-refractivity contribution in [1.29, 1.82) is 0 Å². The van der Waals surface area contributed by atoms with Crippen molar-refractivity contribution in [3.05, 3.63) is 11.6 Å². The minimum absolute atomic E-state index is 0.00694. The van der Waals surface area contributed by atoms with Gasteiger partial charge in [0.2, 0.25) is 12.1 Å². The van der Waals surface area contributed by atoms with Gasteiger partial charge in [-0.05, 0) is 6.92 Å². The topological polar surface area (TPSA) is 82.0 Å². The van der Waals surface area contributed by atoms with E-state index in [0.717, 1.165) is 0 Å². The summed E-state index contributed by atoms with van der Waals surface area (Å²) in [6, 6.07) is 0. The summed E-state index contributed by atoms with van der Waals surface area (Å²) in [7, 11) is 0. The summed E-state index contributed by atoms with van der Waals surface area (Å²) in [5.41, 5.74) is 0. The molecule has 0 aliphatic rings. The minimum atomic E-state index is -1.57. The number of hydrogen-bond donors (Lipinski definition) is 3. The zero-order chi connectivity index (χ0) is 6.85. The molecule has 0 aliphatic carbocycles. The van der Waals surface area contributed by atoms with Crippen molar-refractivity contribution in [3.8, 4) is 0 Å². The van der Waals surface area contributed by atoms with E-state index in [9.17, 15) is 0 Å². The van der Waals surface area contributed by atoms with Crippen molar-refractivity contribution in [2.75, 3.05) is 0 Å². The predicted octanol–water partition coefficient (Wildman–Crippen LogP) is -0.904. The molecule has 3 N–H and O–H groups in total. The number of nitrogens with zero attached hydrogens (tertiary/aromatic N) is 2. The lowest BCUT2D eigenvalue weighted by molar-refractivity contribution is -0.0491. The Labute approximate surface area is 51.4 Å². The summed E-state index contributed by atoms with van der Waals surface area (Å²) in [6.45, 7) is 1.68. The molecule has 50 valence electrons. The molecule has 0 atom stereocenters. The van der Waals surface area contributed by atoms with E-state index >= 15 is 0 Å². The van der Waals surface area contributed by atoms with Gasteiger partial charge in [0.15, 0.2) is 0 Å². The smallest absolute Gasteiger partial charge is 0.216 e. The van der Waals surface area contributed by atoms with E-state index in [1.807, 2.05) is 0 Å². The Bertz CT molecular complexity index is 195. The van der Waals surface area contributed by atoms with Gasteiger partial charge in [-0.3, -0.25) is 5.10 Å². The Morgan fingerprint density at radius 3 is 2.44 bits per heavy atom. The number of nitrogens with one attached hydrogen (secondary N) is 1. The van der Waals surface area contributed by atoms with E-state index in [-0.39, 0.29) is 5.82 Å². The number of hydrogen-bond acceptors (Lipinski definition) is 4. The van der Waals surface area contributed by atoms with Gasteiger partial charge in [0.1, 0.15) is 5.82 Å². The highest BCUT2D eigenvalue weighted by atomic mass is 16.5. The van der Waals surface area contributed by atoms with Crippen molar-refractivity contribution in [1.82, 2.24) is 15.2 Å². The van der Waals surface area contributed by atoms with Gasteiger partial charge in [0.25, 0.3) is 0 Å². The Kier molecular flexibility index (Phi) is 1.46. The van der Waals surface area contributed by atoms with Crippen molar-refractivity contribution >= 4 is 0 Å². The molecule has 5 heteroatoms. The molecule has 0 amide bonds. The van der Waals surface area contributed by atoms with Gasteiger partial charge in [-0.1, -0.05) is 0 Å². The third-order valence-electron chi connectivity index (χ3n) is 0.845. The Balaban J connectivity index is 2.85. The van der Waals surface area contributed by atoms with Gasteiger partial charge in [-0.2, -0.15) is 5.10 Å². The first kappa shape index (κ1) is 6.18. The largest absolute Gasteiger partial charge is 0.362 e. The van der Waals surface area contributed by atoms with Crippen LogP contribution in [-0.2, 0) is 0 Å². The van der Waals surface area contributed by atoms with Crippen LogP contribution in [-0.4, -0.2) is 25.4 Å². The monoisotopic (exact) mass is 129 g/mol.